The van der Waals surface area contributed by atoms with E-state index in [9.17, 15) is 9.59 Å². The van der Waals surface area contributed by atoms with Crippen molar-refractivity contribution in [1.82, 2.24) is 25.2 Å². The zero-order chi connectivity index (χ0) is 29.6. The van der Waals surface area contributed by atoms with Crippen LogP contribution in [0.25, 0.3) is 11.0 Å². The van der Waals surface area contributed by atoms with Gasteiger partial charge in [0.05, 0.1) is 19.7 Å². The largest absolute Gasteiger partial charge is 0.493 e. The minimum atomic E-state index is -0.989. The van der Waals surface area contributed by atoms with E-state index in [1.54, 1.807) is 28.8 Å². The maximum atomic E-state index is 14.3. The van der Waals surface area contributed by atoms with Crippen LogP contribution in [0.5, 0.6) is 11.5 Å². The van der Waals surface area contributed by atoms with Gasteiger partial charge in [0.1, 0.15) is 18.1 Å². The fraction of sp³-hybridized carbons (Fsp3) is 0.375. The Balaban J connectivity index is 1.82. The number of nitrogens with zero attached hydrogens (tertiary/aromatic N) is 4. The van der Waals surface area contributed by atoms with Crippen LogP contribution in [0.15, 0.2) is 66.7 Å². The van der Waals surface area contributed by atoms with Gasteiger partial charge in [-0.25, -0.2) is 4.68 Å². The number of amides is 2. The minimum absolute atomic E-state index is 0.0818. The molecule has 0 unspecified atom stereocenters. The monoisotopic (exact) mass is 557 g/mol. The highest BCUT2D eigenvalue weighted by Gasteiger charge is 2.36. The third-order valence-electron chi connectivity index (χ3n) is 7.54. The number of carbonyl (C=O) groups excluding carboxylic acids is 2. The van der Waals surface area contributed by atoms with Gasteiger partial charge in [-0.1, -0.05) is 60.7 Å². The number of para-hydroxylation sites is 2. The van der Waals surface area contributed by atoms with Crippen molar-refractivity contribution in [3.63, 3.8) is 0 Å². The molecule has 0 saturated heterocycles. The molecule has 0 aliphatic heterocycles. The number of fused-ring (bicyclic) bond motifs is 1. The number of hydrogen-bond donors (Lipinski definition) is 1. The van der Waals surface area contributed by atoms with Crippen LogP contribution in [0.4, 0.5) is 0 Å². The lowest BCUT2D eigenvalue weighted by Gasteiger charge is -2.35. The van der Waals surface area contributed by atoms with E-state index >= 15 is 0 Å². The summed E-state index contributed by atoms with van der Waals surface area (Å²) in [5.41, 5.74) is 3.70. The quantitative estimate of drug-likeness (QED) is 0.267. The number of aryl methyl sites for hydroxylation is 1. The number of benzene rings is 3. The lowest BCUT2D eigenvalue weighted by molar-refractivity contribution is -0.142. The first kappa shape index (κ1) is 29.6. The second-order valence-electron chi connectivity index (χ2n) is 10.7. The molecule has 4 aromatic rings. The minimum Gasteiger partial charge on any atom is -0.493 e. The topological polar surface area (TPSA) is 98.6 Å². The lowest BCUT2D eigenvalue weighted by Crippen LogP contribution is -2.51. The van der Waals surface area contributed by atoms with Crippen molar-refractivity contribution in [2.45, 2.75) is 58.7 Å². The van der Waals surface area contributed by atoms with Gasteiger partial charge < -0.3 is 19.7 Å². The van der Waals surface area contributed by atoms with E-state index in [0.29, 0.717) is 42.0 Å². The van der Waals surface area contributed by atoms with Crippen molar-refractivity contribution < 1.29 is 19.1 Å². The summed E-state index contributed by atoms with van der Waals surface area (Å²) in [6, 6.07) is 19.9. The van der Waals surface area contributed by atoms with Crippen LogP contribution in [0.1, 0.15) is 49.9 Å². The van der Waals surface area contributed by atoms with Crippen molar-refractivity contribution in [3.8, 4) is 11.5 Å². The number of carbonyl (C=O) groups is 2. The van der Waals surface area contributed by atoms with Crippen molar-refractivity contribution >= 4 is 22.8 Å². The highest BCUT2D eigenvalue weighted by atomic mass is 16.5. The summed E-state index contributed by atoms with van der Waals surface area (Å²) >= 11 is 0. The highest BCUT2D eigenvalue weighted by Crippen LogP contribution is 2.38. The van der Waals surface area contributed by atoms with E-state index < -0.39 is 11.6 Å². The molecule has 1 heterocycles. The maximum Gasteiger partial charge on any atom is 0.248 e. The normalized spacial score (nSPS) is 12.1. The lowest BCUT2D eigenvalue weighted by atomic mass is 9.97. The molecule has 0 fully saturated rings. The average molecular weight is 558 g/mol. The Morgan fingerprint density at radius 2 is 1.73 bits per heavy atom. The molecule has 3 aromatic carbocycles. The fourth-order valence-corrected chi connectivity index (χ4v) is 4.85. The molecule has 1 N–H and O–H groups in total. The molecular formula is C32H39N5O4. The van der Waals surface area contributed by atoms with Crippen LogP contribution in [0.3, 0.4) is 0 Å². The van der Waals surface area contributed by atoms with Crippen LogP contribution in [-0.4, -0.2) is 58.0 Å². The first-order valence-corrected chi connectivity index (χ1v) is 13.8. The van der Waals surface area contributed by atoms with E-state index in [1.807, 2.05) is 82.3 Å². The molecule has 0 aliphatic carbocycles. The van der Waals surface area contributed by atoms with E-state index in [-0.39, 0.29) is 18.4 Å². The second-order valence-corrected chi connectivity index (χ2v) is 10.7. The van der Waals surface area contributed by atoms with Gasteiger partial charge in [0.2, 0.25) is 11.8 Å². The number of rotatable bonds is 12. The van der Waals surface area contributed by atoms with Gasteiger partial charge in [0.25, 0.3) is 0 Å². The predicted octanol–water partition coefficient (Wildman–Crippen LogP) is 4.87. The van der Waals surface area contributed by atoms with E-state index in [2.05, 4.69) is 15.6 Å². The number of methoxy groups -OCH3 is 2. The van der Waals surface area contributed by atoms with Gasteiger partial charge in [-0.3, -0.25) is 9.59 Å². The molecule has 0 aliphatic rings. The summed E-state index contributed by atoms with van der Waals surface area (Å²) in [7, 11) is 3.08. The number of aromatic nitrogens is 3. The zero-order valence-corrected chi connectivity index (χ0v) is 24.7. The zero-order valence-electron chi connectivity index (χ0n) is 24.7. The van der Waals surface area contributed by atoms with Gasteiger partial charge in [-0.05, 0) is 62.9 Å². The van der Waals surface area contributed by atoms with Crippen LogP contribution in [-0.2, 0) is 22.6 Å². The Hall–Kier alpha value is -4.40. The standard InChI is InChI=1S/C32H39N5O4/c1-7-32(3,4)33-31(39)29(24-15-12-18-27(40-5)30(24)41-6)36(20-19-23-14-9-8-13-22(23)2)28(38)21-37-26-17-11-10-16-25(26)34-35-37/h8-18,29H,7,19-21H2,1-6H3,(H,33,39)/t29-/m0/s1. The van der Waals surface area contributed by atoms with Gasteiger partial charge in [0, 0.05) is 17.6 Å². The molecular weight excluding hydrogens is 518 g/mol. The smallest absolute Gasteiger partial charge is 0.248 e. The molecule has 9 nitrogen and oxygen atoms in total. The van der Waals surface area contributed by atoms with Gasteiger partial charge >= 0.3 is 0 Å². The maximum absolute atomic E-state index is 14.3. The molecule has 0 spiro atoms. The fourth-order valence-electron chi connectivity index (χ4n) is 4.85. The Bertz CT molecular complexity index is 1510. The molecule has 0 saturated carbocycles. The molecule has 9 heteroatoms. The summed E-state index contributed by atoms with van der Waals surface area (Å²) in [5, 5.41) is 11.6. The van der Waals surface area contributed by atoms with Gasteiger partial charge in [0.15, 0.2) is 11.5 Å². The molecule has 41 heavy (non-hydrogen) atoms. The SMILES string of the molecule is CCC(C)(C)NC(=O)[C@H](c1cccc(OC)c1OC)N(CCc1ccccc1C)C(=O)Cn1nnc2ccccc21. The van der Waals surface area contributed by atoms with Crippen molar-refractivity contribution in [3.05, 3.63) is 83.4 Å². The Morgan fingerprint density at radius 1 is 1.00 bits per heavy atom. The van der Waals surface area contributed by atoms with Crippen molar-refractivity contribution in [2.24, 2.45) is 0 Å². The molecule has 4 rings (SSSR count). The first-order valence-electron chi connectivity index (χ1n) is 13.8. The average Bonchev–Trinajstić information content (AvgIpc) is 3.37. The Labute approximate surface area is 241 Å². The second kappa shape index (κ2) is 12.8. The third kappa shape index (κ3) is 6.67. The number of ether oxygens (including phenoxy) is 2. The van der Waals surface area contributed by atoms with E-state index in [0.717, 1.165) is 16.6 Å². The number of nitrogens with one attached hydrogen (secondary N) is 1. The van der Waals surface area contributed by atoms with Gasteiger partial charge in [-0.2, -0.15) is 0 Å². The third-order valence-corrected chi connectivity index (χ3v) is 7.54. The summed E-state index contributed by atoms with van der Waals surface area (Å²) in [4.78, 5) is 30.1. The van der Waals surface area contributed by atoms with E-state index in [4.69, 9.17) is 9.47 Å². The van der Waals surface area contributed by atoms with Crippen LogP contribution >= 0.6 is 0 Å². The van der Waals surface area contributed by atoms with Crippen molar-refractivity contribution in [1.29, 1.82) is 0 Å². The molecule has 1 atom stereocenters. The van der Waals surface area contributed by atoms with Crippen LogP contribution in [0, 0.1) is 6.92 Å². The summed E-state index contributed by atoms with van der Waals surface area (Å²) in [6.45, 7) is 8.20. The molecule has 0 bridgehead atoms. The highest BCUT2D eigenvalue weighted by molar-refractivity contribution is 5.90. The Morgan fingerprint density at radius 3 is 2.44 bits per heavy atom. The molecule has 1 aromatic heterocycles. The first-order chi connectivity index (χ1) is 19.7. The summed E-state index contributed by atoms with van der Waals surface area (Å²) in [6.07, 6.45) is 1.27. The van der Waals surface area contributed by atoms with Crippen LogP contribution in [0.2, 0.25) is 0 Å². The van der Waals surface area contributed by atoms with Crippen LogP contribution < -0.4 is 14.8 Å². The van der Waals surface area contributed by atoms with Gasteiger partial charge in [-0.15, -0.1) is 5.10 Å². The molecule has 0 radical (unpaired) electrons. The molecule has 2 amide bonds. The summed E-state index contributed by atoms with van der Waals surface area (Å²) < 4.78 is 12.9. The number of hydrogen-bond acceptors (Lipinski definition) is 6. The Kier molecular flexibility index (Phi) is 9.27. The van der Waals surface area contributed by atoms with E-state index in [1.165, 1.54) is 7.11 Å². The predicted molar refractivity (Wildman–Crippen MR) is 159 cm³/mol. The summed E-state index contributed by atoms with van der Waals surface area (Å²) in [5.74, 6) is 0.314. The molecule has 216 valence electrons. The van der Waals surface area contributed by atoms with Crippen molar-refractivity contribution in [2.75, 3.05) is 20.8 Å².